The fraction of sp³-hybridized carbons (Fsp3) is 0.435. The third-order valence-electron chi connectivity index (χ3n) is 6.98. The topological polar surface area (TPSA) is 91.6 Å². The summed E-state index contributed by atoms with van der Waals surface area (Å²) in [6, 6.07) is 4.92. The number of aromatic nitrogens is 1. The number of aryl methyl sites for hydroxylation is 1. The van der Waals surface area contributed by atoms with Gasteiger partial charge in [-0.25, -0.2) is 4.39 Å². The number of hydrogen-bond donors (Lipinski definition) is 2. The normalized spacial score (nSPS) is 21.6. The first-order chi connectivity index (χ1) is 14.8. The number of nitrogens with one attached hydrogen (secondary N) is 1. The lowest BCUT2D eigenvalue weighted by Crippen LogP contribution is -2.52. The van der Waals surface area contributed by atoms with E-state index < -0.39 is 28.4 Å². The molecular formula is C23H24FN3O4. The van der Waals surface area contributed by atoms with Crippen molar-refractivity contribution in [1.29, 1.82) is 0 Å². The van der Waals surface area contributed by atoms with Gasteiger partial charge >= 0.3 is 0 Å². The minimum absolute atomic E-state index is 0.00642. The minimum atomic E-state index is -0.839. The molecule has 1 saturated heterocycles. The molecule has 0 saturated carbocycles. The van der Waals surface area contributed by atoms with E-state index in [4.69, 9.17) is 0 Å². The van der Waals surface area contributed by atoms with Crippen molar-refractivity contribution in [1.82, 2.24) is 14.8 Å². The molecule has 31 heavy (non-hydrogen) atoms. The largest absolute Gasteiger partial charge is 0.503 e. The molecule has 1 spiro atoms. The van der Waals surface area contributed by atoms with Crippen LogP contribution < -0.4 is 10.7 Å². The number of aromatic hydroxyl groups is 1. The summed E-state index contributed by atoms with van der Waals surface area (Å²) in [4.78, 5) is 40.8. The molecule has 1 fully saturated rings. The van der Waals surface area contributed by atoms with Gasteiger partial charge in [0.25, 0.3) is 11.8 Å². The molecule has 1 aromatic carbocycles. The van der Waals surface area contributed by atoms with Crippen molar-refractivity contribution in [2.45, 2.75) is 51.1 Å². The molecule has 1 atom stereocenters. The number of pyridine rings is 1. The lowest BCUT2D eigenvalue weighted by molar-refractivity contribution is 0.0584. The van der Waals surface area contributed by atoms with Gasteiger partial charge in [0.15, 0.2) is 11.4 Å². The fourth-order valence-corrected chi connectivity index (χ4v) is 5.45. The molecule has 7 nitrogen and oxygen atoms in total. The van der Waals surface area contributed by atoms with Crippen molar-refractivity contribution in [2.75, 3.05) is 13.1 Å². The second kappa shape index (κ2) is 6.93. The Labute approximate surface area is 178 Å². The molecule has 3 aliphatic heterocycles. The van der Waals surface area contributed by atoms with Crippen LogP contribution in [-0.2, 0) is 18.5 Å². The van der Waals surface area contributed by atoms with Crippen LogP contribution in [0.15, 0.2) is 23.0 Å². The number of rotatable bonds is 3. The fourth-order valence-electron chi connectivity index (χ4n) is 5.45. The zero-order valence-corrected chi connectivity index (χ0v) is 17.3. The first-order valence-corrected chi connectivity index (χ1v) is 10.7. The lowest BCUT2D eigenvalue weighted by atomic mass is 9.89. The number of hydrogen-bond acceptors (Lipinski definition) is 4. The van der Waals surface area contributed by atoms with Gasteiger partial charge in [0, 0.05) is 30.9 Å². The van der Waals surface area contributed by atoms with E-state index in [0.29, 0.717) is 42.8 Å². The van der Waals surface area contributed by atoms with E-state index in [1.807, 2.05) is 0 Å². The molecule has 162 valence electrons. The van der Waals surface area contributed by atoms with Gasteiger partial charge in [-0.05, 0) is 44.6 Å². The SMILES string of the molecule is Cc1cccc(CNC(=O)c2c3n4c(c(O)c2=O)C(=O)N2CCCC[C@@]4(CC3)C2)c1F. The predicted molar refractivity (Wildman–Crippen MR) is 111 cm³/mol. The Kier molecular flexibility index (Phi) is 4.42. The van der Waals surface area contributed by atoms with Gasteiger partial charge < -0.3 is 19.9 Å². The molecule has 0 aliphatic carbocycles. The number of halogens is 1. The summed E-state index contributed by atoms with van der Waals surface area (Å²) < 4.78 is 16.1. The van der Waals surface area contributed by atoms with E-state index in [2.05, 4.69) is 5.32 Å². The molecule has 0 unspecified atom stereocenters. The number of benzene rings is 1. The van der Waals surface area contributed by atoms with E-state index in [1.165, 1.54) is 0 Å². The smallest absolute Gasteiger partial charge is 0.274 e. The molecule has 3 aliphatic rings. The highest BCUT2D eigenvalue weighted by atomic mass is 19.1. The molecule has 0 radical (unpaired) electrons. The van der Waals surface area contributed by atoms with E-state index in [-0.39, 0.29) is 23.7 Å². The first-order valence-electron chi connectivity index (χ1n) is 10.7. The summed E-state index contributed by atoms with van der Waals surface area (Å²) in [5.41, 5.74) is -0.0849. The van der Waals surface area contributed by atoms with Crippen LogP contribution in [0.4, 0.5) is 4.39 Å². The second-order valence-electron chi connectivity index (χ2n) is 8.82. The minimum Gasteiger partial charge on any atom is -0.503 e. The van der Waals surface area contributed by atoms with Crippen LogP contribution in [0.3, 0.4) is 0 Å². The van der Waals surface area contributed by atoms with Crippen LogP contribution in [0.1, 0.15) is 63.4 Å². The van der Waals surface area contributed by atoms with E-state index in [1.54, 1.807) is 34.6 Å². The van der Waals surface area contributed by atoms with Gasteiger partial charge in [-0.1, -0.05) is 18.2 Å². The van der Waals surface area contributed by atoms with Gasteiger partial charge in [0.1, 0.15) is 11.4 Å². The van der Waals surface area contributed by atoms with Crippen LogP contribution >= 0.6 is 0 Å². The molecular weight excluding hydrogens is 401 g/mol. The standard InChI is InChI=1S/C23H24FN3O4/c1-13-5-4-6-14(17(13)24)11-25-21(30)16-15-7-9-23-8-2-3-10-26(12-23)22(31)18(27(15)23)20(29)19(16)28/h4-6,29H,2-3,7-12H2,1H3,(H,25,30)/t23-/m1/s1. The highest BCUT2D eigenvalue weighted by Crippen LogP contribution is 2.45. The van der Waals surface area contributed by atoms with Gasteiger partial charge in [-0.2, -0.15) is 0 Å². The van der Waals surface area contributed by atoms with Crippen LogP contribution in [-0.4, -0.2) is 39.5 Å². The summed E-state index contributed by atoms with van der Waals surface area (Å²) in [5, 5.41) is 13.3. The van der Waals surface area contributed by atoms with Crippen LogP contribution in [0.5, 0.6) is 5.75 Å². The average Bonchev–Trinajstić information content (AvgIpc) is 2.98. The zero-order valence-electron chi connectivity index (χ0n) is 17.3. The monoisotopic (exact) mass is 425 g/mol. The Hall–Kier alpha value is -3.16. The second-order valence-corrected chi connectivity index (χ2v) is 8.82. The summed E-state index contributed by atoms with van der Waals surface area (Å²) in [7, 11) is 0. The number of fused-ring (bicyclic) bond motifs is 1. The van der Waals surface area contributed by atoms with Crippen molar-refractivity contribution < 1.29 is 19.1 Å². The maximum atomic E-state index is 14.3. The Balaban J connectivity index is 1.58. The summed E-state index contributed by atoms with van der Waals surface area (Å²) >= 11 is 0. The average molecular weight is 425 g/mol. The Morgan fingerprint density at radius 1 is 1.26 bits per heavy atom. The molecule has 4 heterocycles. The Morgan fingerprint density at radius 3 is 2.87 bits per heavy atom. The number of carbonyl (C=O) groups excluding carboxylic acids is 2. The Morgan fingerprint density at radius 2 is 2.06 bits per heavy atom. The van der Waals surface area contributed by atoms with Gasteiger partial charge in [-0.15, -0.1) is 0 Å². The first kappa shape index (κ1) is 19.8. The zero-order chi connectivity index (χ0) is 21.9. The van der Waals surface area contributed by atoms with Crippen molar-refractivity contribution in [3.63, 3.8) is 0 Å². The van der Waals surface area contributed by atoms with Crippen LogP contribution in [0.25, 0.3) is 0 Å². The lowest BCUT2D eigenvalue weighted by Gasteiger charge is -2.41. The van der Waals surface area contributed by atoms with E-state index in [9.17, 15) is 23.9 Å². The molecule has 2 amide bonds. The molecule has 1 aromatic heterocycles. The van der Waals surface area contributed by atoms with Crippen LogP contribution in [0, 0.1) is 12.7 Å². The maximum absolute atomic E-state index is 14.3. The van der Waals surface area contributed by atoms with E-state index in [0.717, 1.165) is 19.3 Å². The summed E-state index contributed by atoms with van der Waals surface area (Å²) in [6.07, 6.45) is 3.82. The number of carbonyl (C=O) groups is 2. The third-order valence-corrected chi connectivity index (χ3v) is 6.98. The van der Waals surface area contributed by atoms with Gasteiger partial charge in [0.2, 0.25) is 5.43 Å². The quantitative estimate of drug-likeness (QED) is 0.789. The third kappa shape index (κ3) is 2.80. The highest BCUT2D eigenvalue weighted by Gasteiger charge is 2.50. The Bertz CT molecular complexity index is 1190. The van der Waals surface area contributed by atoms with Crippen molar-refractivity contribution in [3.8, 4) is 5.75 Å². The van der Waals surface area contributed by atoms with E-state index >= 15 is 0 Å². The molecule has 2 aromatic rings. The predicted octanol–water partition coefficient (Wildman–Crippen LogP) is 2.21. The van der Waals surface area contributed by atoms with Gasteiger partial charge in [-0.3, -0.25) is 14.4 Å². The molecule has 2 N–H and O–H groups in total. The summed E-state index contributed by atoms with van der Waals surface area (Å²) in [6.45, 7) is 2.70. The van der Waals surface area contributed by atoms with Crippen molar-refractivity contribution >= 4 is 11.8 Å². The van der Waals surface area contributed by atoms with Gasteiger partial charge in [0.05, 0.1) is 5.54 Å². The highest BCUT2D eigenvalue weighted by molar-refractivity contribution is 6.00. The molecule has 2 bridgehead atoms. The number of nitrogens with zero attached hydrogens (tertiary/aromatic N) is 2. The molecule has 8 heteroatoms. The van der Waals surface area contributed by atoms with Crippen LogP contribution in [0.2, 0.25) is 0 Å². The number of amides is 2. The molecule has 5 rings (SSSR count). The van der Waals surface area contributed by atoms with Crippen molar-refractivity contribution in [2.24, 2.45) is 0 Å². The summed E-state index contributed by atoms with van der Waals surface area (Å²) in [5.74, 6) is -2.09. The van der Waals surface area contributed by atoms with Crippen molar-refractivity contribution in [3.05, 3.63) is 62.3 Å². The maximum Gasteiger partial charge on any atom is 0.274 e.